The first kappa shape index (κ1) is 28.4. The fraction of sp³-hybridized carbons (Fsp3) is 0.424. The highest BCUT2D eigenvalue weighted by Gasteiger charge is 2.74. The van der Waals surface area contributed by atoms with Crippen molar-refractivity contribution in [2.45, 2.75) is 50.2 Å². The highest BCUT2D eigenvalue weighted by atomic mass is 16.5. The molecule has 44 heavy (non-hydrogen) atoms. The molecule has 0 saturated carbocycles. The molecule has 11 nitrogen and oxygen atoms in total. The molecule has 2 aromatic carbocycles. The predicted molar refractivity (Wildman–Crippen MR) is 160 cm³/mol. The molecule has 7 rings (SSSR count). The number of aliphatic hydroxyl groups is 1. The zero-order valence-corrected chi connectivity index (χ0v) is 24.7. The first-order chi connectivity index (χ1) is 21.4. The van der Waals surface area contributed by atoms with Gasteiger partial charge in [-0.1, -0.05) is 72.0 Å². The molecule has 2 saturated heterocycles. The fourth-order valence-electron chi connectivity index (χ4n) is 7.51. The summed E-state index contributed by atoms with van der Waals surface area (Å²) in [6, 6.07) is 16.4. The Hall–Kier alpha value is -4.35. The quantitative estimate of drug-likeness (QED) is 0.312. The number of aromatic nitrogens is 3. The minimum absolute atomic E-state index is 0.0183. The molecule has 5 heterocycles. The molecule has 1 N–H and O–H groups in total. The zero-order chi connectivity index (χ0) is 30.5. The molecule has 3 aromatic rings. The van der Waals surface area contributed by atoms with Gasteiger partial charge in [0.15, 0.2) is 0 Å². The van der Waals surface area contributed by atoms with E-state index in [1.165, 1.54) is 0 Å². The van der Waals surface area contributed by atoms with E-state index in [2.05, 4.69) is 10.3 Å². The normalized spacial score (nSPS) is 29.6. The molecular formula is C33H36N6O5. The van der Waals surface area contributed by atoms with Crippen LogP contribution in [0.5, 0.6) is 0 Å². The minimum atomic E-state index is -1.33. The van der Waals surface area contributed by atoms with Crippen LogP contribution in [-0.4, -0.2) is 96.0 Å². The summed E-state index contributed by atoms with van der Waals surface area (Å²) in [5, 5.41) is 18.0. The molecule has 228 valence electrons. The summed E-state index contributed by atoms with van der Waals surface area (Å²) >= 11 is 0. The average molecular weight is 597 g/mol. The lowest BCUT2D eigenvalue weighted by atomic mass is 9.74. The van der Waals surface area contributed by atoms with Gasteiger partial charge in [0.2, 0.25) is 11.8 Å². The lowest BCUT2D eigenvalue weighted by Crippen LogP contribution is -2.56. The molecule has 11 heteroatoms. The summed E-state index contributed by atoms with van der Waals surface area (Å²) in [7, 11) is 0. The van der Waals surface area contributed by atoms with Crippen molar-refractivity contribution in [3.05, 3.63) is 84.5 Å². The molecular weight excluding hydrogens is 560 g/mol. The number of aliphatic hydroxyl groups excluding tert-OH is 1. The molecule has 0 bridgehead atoms. The van der Waals surface area contributed by atoms with Gasteiger partial charge in [-0.05, 0) is 37.5 Å². The van der Waals surface area contributed by atoms with Gasteiger partial charge in [-0.2, -0.15) is 0 Å². The number of rotatable bonds is 8. The van der Waals surface area contributed by atoms with Crippen LogP contribution >= 0.6 is 0 Å². The van der Waals surface area contributed by atoms with E-state index < -0.39 is 29.1 Å². The molecule has 3 amide bonds. The van der Waals surface area contributed by atoms with E-state index in [9.17, 15) is 19.5 Å². The van der Waals surface area contributed by atoms with Gasteiger partial charge in [-0.15, -0.1) is 5.10 Å². The SMILES string of the molecule is C[C@@]12C=CCN(Cc3ccccc3)C(=O)[C@@H]1[C@H]1C(=O)N(CCCCO)C3C(=O)N(Cn4nnc5ccccc54)CC=C[C@@]31O2. The number of likely N-dealkylation sites (tertiary alicyclic amines) is 1. The number of para-hydroxylation sites is 1. The van der Waals surface area contributed by atoms with Crippen molar-refractivity contribution in [2.24, 2.45) is 11.8 Å². The second-order valence-corrected chi connectivity index (χ2v) is 12.2. The van der Waals surface area contributed by atoms with E-state index in [1.807, 2.05) is 85.8 Å². The van der Waals surface area contributed by atoms with Crippen LogP contribution < -0.4 is 0 Å². The van der Waals surface area contributed by atoms with Crippen LogP contribution in [0.3, 0.4) is 0 Å². The number of nitrogens with zero attached hydrogens (tertiary/aromatic N) is 6. The standard InChI is InChI=1S/C33H36N6O5/c1-32-15-9-17-36(21-23-11-3-2-4-12-23)29(41)26(32)27-30(42)38(19-7-8-20-40)28-31(43)37(18-10-16-33(27,28)44-32)22-39-25-14-6-5-13-24(25)34-35-39/h2-6,9-16,26-28,40H,7-8,17-22H2,1H3/t26-,27-,28?,32+,33-/m0/s1. The average Bonchev–Trinajstić information content (AvgIpc) is 3.55. The fourth-order valence-corrected chi connectivity index (χ4v) is 7.51. The van der Waals surface area contributed by atoms with E-state index >= 15 is 0 Å². The van der Waals surface area contributed by atoms with Crippen molar-refractivity contribution < 1.29 is 24.2 Å². The van der Waals surface area contributed by atoms with Crippen LogP contribution in [0.2, 0.25) is 0 Å². The third-order valence-electron chi connectivity index (χ3n) is 9.47. The number of benzene rings is 2. The number of ether oxygens (including phenoxy) is 1. The van der Waals surface area contributed by atoms with Gasteiger partial charge in [0.05, 0.1) is 23.0 Å². The largest absolute Gasteiger partial charge is 0.396 e. The second-order valence-electron chi connectivity index (χ2n) is 12.2. The van der Waals surface area contributed by atoms with Gasteiger partial charge in [0.1, 0.15) is 23.8 Å². The number of fused-ring (bicyclic) bond motifs is 3. The van der Waals surface area contributed by atoms with Crippen molar-refractivity contribution in [3.8, 4) is 0 Å². The molecule has 4 aliphatic heterocycles. The van der Waals surface area contributed by atoms with Crippen LogP contribution in [-0.2, 0) is 32.3 Å². The Bertz CT molecular complexity index is 1650. The van der Waals surface area contributed by atoms with Gasteiger partial charge in [-0.3, -0.25) is 14.4 Å². The highest BCUT2D eigenvalue weighted by Crippen LogP contribution is 2.57. The van der Waals surface area contributed by atoms with Crippen LogP contribution in [0.25, 0.3) is 11.0 Å². The van der Waals surface area contributed by atoms with Crippen LogP contribution in [0.1, 0.15) is 25.3 Å². The maximum atomic E-state index is 14.6. The molecule has 1 spiro atoms. The summed E-state index contributed by atoms with van der Waals surface area (Å²) in [5.74, 6) is -2.40. The maximum absolute atomic E-state index is 14.6. The number of amides is 3. The number of hydrogen-bond donors (Lipinski definition) is 1. The Morgan fingerprint density at radius 3 is 2.45 bits per heavy atom. The van der Waals surface area contributed by atoms with Crippen molar-refractivity contribution in [1.29, 1.82) is 0 Å². The molecule has 0 radical (unpaired) electrons. The van der Waals surface area contributed by atoms with E-state index in [0.717, 1.165) is 16.6 Å². The van der Waals surface area contributed by atoms with Gasteiger partial charge in [-0.25, -0.2) is 4.68 Å². The predicted octanol–water partition coefficient (Wildman–Crippen LogP) is 2.13. The molecule has 4 aliphatic rings. The molecule has 2 fully saturated rings. The Labute approximate surface area is 255 Å². The number of unbranched alkanes of at least 4 members (excludes halogenated alkanes) is 1. The topological polar surface area (TPSA) is 121 Å². The number of carbonyl (C=O) groups excluding carboxylic acids is 3. The second kappa shape index (κ2) is 11.0. The van der Waals surface area contributed by atoms with E-state index in [1.54, 1.807) is 19.4 Å². The minimum Gasteiger partial charge on any atom is -0.396 e. The zero-order valence-electron chi connectivity index (χ0n) is 24.7. The molecule has 1 aromatic heterocycles. The number of hydrogen-bond acceptors (Lipinski definition) is 7. The smallest absolute Gasteiger partial charge is 0.250 e. The van der Waals surface area contributed by atoms with Gasteiger partial charge < -0.3 is 24.5 Å². The van der Waals surface area contributed by atoms with Crippen molar-refractivity contribution in [2.75, 3.05) is 26.2 Å². The lowest BCUT2D eigenvalue weighted by Gasteiger charge is -2.37. The Morgan fingerprint density at radius 2 is 1.64 bits per heavy atom. The third-order valence-corrected chi connectivity index (χ3v) is 9.47. The van der Waals surface area contributed by atoms with E-state index in [4.69, 9.17) is 4.74 Å². The lowest BCUT2D eigenvalue weighted by molar-refractivity contribution is -0.153. The summed E-state index contributed by atoms with van der Waals surface area (Å²) in [6.45, 7) is 3.34. The summed E-state index contributed by atoms with van der Waals surface area (Å²) in [4.78, 5) is 48.5. The highest BCUT2D eigenvalue weighted by molar-refractivity contribution is 6.00. The first-order valence-corrected chi connectivity index (χ1v) is 15.2. The summed E-state index contributed by atoms with van der Waals surface area (Å²) < 4.78 is 8.59. The van der Waals surface area contributed by atoms with Crippen LogP contribution in [0.15, 0.2) is 78.9 Å². The van der Waals surface area contributed by atoms with Gasteiger partial charge in [0.25, 0.3) is 5.91 Å². The Morgan fingerprint density at radius 1 is 0.886 bits per heavy atom. The van der Waals surface area contributed by atoms with Crippen molar-refractivity contribution >= 4 is 28.8 Å². The van der Waals surface area contributed by atoms with Gasteiger partial charge in [0, 0.05) is 32.8 Å². The van der Waals surface area contributed by atoms with E-state index in [0.29, 0.717) is 25.9 Å². The molecule has 0 aliphatic carbocycles. The maximum Gasteiger partial charge on any atom is 0.250 e. The van der Waals surface area contributed by atoms with Crippen LogP contribution in [0.4, 0.5) is 0 Å². The Kier molecular flexibility index (Phi) is 7.09. The summed E-state index contributed by atoms with van der Waals surface area (Å²) in [6.07, 6.45) is 8.56. The monoisotopic (exact) mass is 596 g/mol. The molecule has 1 unspecified atom stereocenters. The molecule has 5 atom stereocenters. The Balaban J connectivity index is 1.26. The third kappa shape index (κ3) is 4.45. The van der Waals surface area contributed by atoms with Crippen molar-refractivity contribution in [1.82, 2.24) is 29.7 Å². The van der Waals surface area contributed by atoms with E-state index in [-0.39, 0.29) is 44.1 Å². The number of carbonyl (C=O) groups is 3. The first-order valence-electron chi connectivity index (χ1n) is 15.2. The van der Waals surface area contributed by atoms with Crippen molar-refractivity contribution in [3.63, 3.8) is 0 Å². The summed E-state index contributed by atoms with van der Waals surface area (Å²) in [5.41, 5.74) is 0.0984. The van der Waals surface area contributed by atoms with Gasteiger partial charge >= 0.3 is 0 Å². The van der Waals surface area contributed by atoms with Crippen LogP contribution in [0, 0.1) is 11.8 Å².